The van der Waals surface area contributed by atoms with E-state index in [1.54, 1.807) is 26.8 Å². The number of ether oxygens (including phenoxy) is 3. The van der Waals surface area contributed by atoms with Gasteiger partial charge >= 0.3 is 18.0 Å². The second-order valence-electron chi connectivity index (χ2n) is 9.21. The van der Waals surface area contributed by atoms with Gasteiger partial charge in [0, 0.05) is 19.0 Å². The van der Waals surface area contributed by atoms with Gasteiger partial charge in [-0.2, -0.15) is 9.78 Å². The number of esters is 2. The summed E-state index contributed by atoms with van der Waals surface area (Å²) < 4.78 is 16.6. The van der Waals surface area contributed by atoms with Gasteiger partial charge in [0.05, 0.1) is 12.8 Å². The van der Waals surface area contributed by atoms with Crippen molar-refractivity contribution in [2.45, 2.75) is 65.2 Å². The lowest BCUT2D eigenvalue weighted by Gasteiger charge is -2.19. The first kappa shape index (κ1) is 27.0. The summed E-state index contributed by atoms with van der Waals surface area (Å²) >= 11 is 0. The van der Waals surface area contributed by atoms with Crippen LogP contribution in [0.4, 0.5) is 4.79 Å². The van der Waals surface area contributed by atoms with Crippen molar-refractivity contribution in [3.8, 4) is 0 Å². The molecule has 0 spiro atoms. The van der Waals surface area contributed by atoms with Crippen molar-refractivity contribution in [2.24, 2.45) is 5.92 Å². The molecule has 2 unspecified atom stereocenters. The minimum Gasteiger partial charge on any atom is -0.468 e. The molecule has 0 saturated heterocycles. The average molecular weight is 474 g/mol. The number of hydrogen-bond donors (Lipinski definition) is 1. The third-order valence-electron chi connectivity index (χ3n) is 4.91. The van der Waals surface area contributed by atoms with E-state index in [1.165, 1.54) is 13.3 Å². The predicted molar refractivity (Wildman–Crippen MR) is 126 cm³/mol. The number of carbonyl (C=O) groups is 3. The Morgan fingerprint density at radius 2 is 1.82 bits per heavy atom. The van der Waals surface area contributed by atoms with E-state index in [2.05, 4.69) is 10.4 Å². The third-order valence-corrected chi connectivity index (χ3v) is 4.91. The smallest absolute Gasteiger partial charge is 0.435 e. The molecule has 0 aliphatic rings. The average Bonchev–Trinajstić information content (AvgIpc) is 3.25. The van der Waals surface area contributed by atoms with Crippen molar-refractivity contribution in [3.05, 3.63) is 53.9 Å². The molecule has 0 aliphatic carbocycles. The molecule has 2 aromatic rings. The van der Waals surface area contributed by atoms with Crippen molar-refractivity contribution >= 4 is 18.0 Å². The van der Waals surface area contributed by atoms with Gasteiger partial charge in [-0.15, -0.1) is 0 Å². The molecule has 0 saturated carbocycles. The highest BCUT2D eigenvalue weighted by molar-refractivity contribution is 5.76. The Morgan fingerprint density at radius 3 is 2.47 bits per heavy atom. The maximum Gasteiger partial charge on any atom is 0.435 e. The van der Waals surface area contributed by atoms with Crippen LogP contribution in [0.3, 0.4) is 0 Å². The van der Waals surface area contributed by atoms with Gasteiger partial charge in [0.15, 0.2) is 0 Å². The Balaban J connectivity index is 1.80. The van der Waals surface area contributed by atoms with Gasteiger partial charge in [-0.3, -0.25) is 9.59 Å². The van der Waals surface area contributed by atoms with E-state index in [-0.39, 0.29) is 31.3 Å². The number of methoxy groups -OCH3 is 1. The van der Waals surface area contributed by atoms with Crippen LogP contribution < -0.4 is 5.32 Å². The van der Waals surface area contributed by atoms with Crippen LogP contribution in [0.2, 0.25) is 0 Å². The lowest BCUT2D eigenvalue weighted by Crippen LogP contribution is -2.40. The maximum atomic E-state index is 12.2. The molecule has 186 valence electrons. The van der Waals surface area contributed by atoms with Crippen LogP contribution in [0.15, 0.2) is 42.6 Å². The molecule has 2 atom stereocenters. The Labute approximate surface area is 200 Å². The van der Waals surface area contributed by atoms with Crippen LogP contribution in [0.25, 0.3) is 0 Å². The SMILES string of the molecule is COC(=O)C(Cc1ccn(C(=O)OC(C)(C)C)n1)NCCC(C)CC(=O)OCc1ccccc1. The number of aromatic nitrogens is 2. The van der Waals surface area contributed by atoms with Crippen molar-refractivity contribution in [2.75, 3.05) is 13.7 Å². The fourth-order valence-corrected chi connectivity index (χ4v) is 3.16. The first-order valence-electron chi connectivity index (χ1n) is 11.4. The van der Waals surface area contributed by atoms with Crippen LogP contribution in [0.1, 0.15) is 51.8 Å². The van der Waals surface area contributed by atoms with Crippen molar-refractivity contribution in [1.29, 1.82) is 0 Å². The minimum absolute atomic E-state index is 0.0699. The number of benzene rings is 1. The Hall–Kier alpha value is -3.20. The molecule has 0 radical (unpaired) electrons. The quantitative estimate of drug-likeness (QED) is 0.390. The third kappa shape index (κ3) is 9.74. The Kier molecular flexibility index (Phi) is 10.2. The molecule has 9 nitrogen and oxygen atoms in total. The van der Waals surface area contributed by atoms with E-state index in [9.17, 15) is 14.4 Å². The van der Waals surface area contributed by atoms with E-state index in [4.69, 9.17) is 14.2 Å². The standard InChI is InChI=1S/C25H35N3O6/c1-18(15-22(29)33-17-19-9-7-6-8-10-19)11-13-26-21(23(30)32-5)16-20-12-14-28(27-20)24(31)34-25(2,3)4/h6-10,12,14,18,21,26H,11,13,15-17H2,1-5H3. The summed E-state index contributed by atoms with van der Waals surface area (Å²) in [5.74, 6) is -0.615. The lowest BCUT2D eigenvalue weighted by atomic mass is 10.0. The van der Waals surface area contributed by atoms with E-state index < -0.39 is 23.7 Å². The van der Waals surface area contributed by atoms with E-state index in [1.807, 2.05) is 37.3 Å². The van der Waals surface area contributed by atoms with Crippen molar-refractivity contribution in [3.63, 3.8) is 0 Å². The summed E-state index contributed by atoms with van der Waals surface area (Å²) in [6.45, 7) is 8.04. The molecule has 1 N–H and O–H groups in total. The number of hydrogen-bond acceptors (Lipinski definition) is 8. The summed E-state index contributed by atoms with van der Waals surface area (Å²) in [4.78, 5) is 36.5. The monoisotopic (exact) mass is 473 g/mol. The normalized spacial score (nSPS) is 13.1. The molecule has 9 heteroatoms. The molecular weight excluding hydrogens is 438 g/mol. The zero-order chi connectivity index (χ0) is 25.1. The highest BCUT2D eigenvalue weighted by atomic mass is 16.6. The second-order valence-corrected chi connectivity index (χ2v) is 9.21. The van der Waals surface area contributed by atoms with Crippen LogP contribution >= 0.6 is 0 Å². The first-order chi connectivity index (χ1) is 16.1. The second kappa shape index (κ2) is 12.9. The molecule has 0 bridgehead atoms. The molecule has 1 aromatic carbocycles. The van der Waals surface area contributed by atoms with E-state index in [0.717, 1.165) is 10.2 Å². The summed E-state index contributed by atoms with van der Waals surface area (Å²) in [5, 5.41) is 7.38. The molecule has 0 aliphatic heterocycles. The highest BCUT2D eigenvalue weighted by Crippen LogP contribution is 2.12. The van der Waals surface area contributed by atoms with Crippen LogP contribution in [-0.4, -0.2) is 53.1 Å². The largest absolute Gasteiger partial charge is 0.468 e. The van der Waals surface area contributed by atoms with E-state index >= 15 is 0 Å². The van der Waals surface area contributed by atoms with Crippen molar-refractivity contribution < 1.29 is 28.6 Å². The van der Waals surface area contributed by atoms with Gasteiger partial charge in [-0.05, 0) is 51.3 Å². The highest BCUT2D eigenvalue weighted by Gasteiger charge is 2.23. The molecular formula is C25H35N3O6. The molecule has 2 rings (SSSR count). The first-order valence-corrected chi connectivity index (χ1v) is 11.4. The van der Waals surface area contributed by atoms with Gasteiger partial charge in [-0.1, -0.05) is 37.3 Å². The Morgan fingerprint density at radius 1 is 1.12 bits per heavy atom. The van der Waals surface area contributed by atoms with Crippen LogP contribution in [0, 0.1) is 5.92 Å². The maximum absolute atomic E-state index is 12.2. The fraction of sp³-hybridized carbons (Fsp3) is 0.520. The van der Waals surface area contributed by atoms with Gasteiger partial charge in [-0.25, -0.2) is 4.79 Å². The fourth-order valence-electron chi connectivity index (χ4n) is 3.16. The zero-order valence-electron chi connectivity index (χ0n) is 20.6. The number of rotatable bonds is 11. The van der Waals surface area contributed by atoms with Crippen LogP contribution in [-0.2, 0) is 36.8 Å². The lowest BCUT2D eigenvalue weighted by molar-refractivity contribution is -0.146. The Bertz CT molecular complexity index is 936. The summed E-state index contributed by atoms with van der Waals surface area (Å²) in [6.07, 6.45) is 2.11. The predicted octanol–water partition coefficient (Wildman–Crippen LogP) is 3.50. The summed E-state index contributed by atoms with van der Waals surface area (Å²) in [7, 11) is 1.32. The molecule has 1 aromatic heterocycles. The van der Waals surface area contributed by atoms with Gasteiger partial charge < -0.3 is 19.5 Å². The number of carbonyl (C=O) groups excluding carboxylic acids is 3. The van der Waals surface area contributed by atoms with Crippen LogP contribution in [0.5, 0.6) is 0 Å². The molecule has 34 heavy (non-hydrogen) atoms. The summed E-state index contributed by atoms with van der Waals surface area (Å²) in [6, 6.07) is 10.5. The topological polar surface area (TPSA) is 109 Å². The molecule has 1 heterocycles. The zero-order valence-corrected chi connectivity index (χ0v) is 20.6. The van der Waals surface area contributed by atoms with Gasteiger partial charge in [0.1, 0.15) is 18.2 Å². The number of nitrogens with one attached hydrogen (secondary N) is 1. The summed E-state index contributed by atoms with van der Waals surface area (Å²) in [5.41, 5.74) is 0.857. The van der Waals surface area contributed by atoms with Gasteiger partial charge in [0.2, 0.25) is 0 Å². The molecule has 0 amide bonds. The minimum atomic E-state index is -0.635. The van der Waals surface area contributed by atoms with Crippen molar-refractivity contribution in [1.82, 2.24) is 15.1 Å². The number of nitrogens with zero attached hydrogens (tertiary/aromatic N) is 2. The van der Waals surface area contributed by atoms with Gasteiger partial charge in [0.25, 0.3) is 0 Å². The van der Waals surface area contributed by atoms with E-state index in [0.29, 0.717) is 18.7 Å². The molecule has 0 fully saturated rings.